The summed E-state index contributed by atoms with van der Waals surface area (Å²) < 4.78 is 0. The summed E-state index contributed by atoms with van der Waals surface area (Å²) in [5.74, 6) is -1.37. The maximum absolute atomic E-state index is 12.1. The molecular formula is C12H20N2O4S. The molecule has 6 nitrogen and oxygen atoms in total. The van der Waals surface area contributed by atoms with E-state index in [1.54, 1.807) is 0 Å². The van der Waals surface area contributed by atoms with E-state index in [-0.39, 0.29) is 24.7 Å². The number of nitrogens with one attached hydrogen (secondary N) is 1. The molecule has 0 bridgehead atoms. The lowest BCUT2D eigenvalue weighted by atomic mass is 10.0. The molecule has 2 atom stereocenters. The molecule has 0 unspecified atom stereocenters. The normalized spacial score (nSPS) is 23.1. The van der Waals surface area contributed by atoms with E-state index in [0.29, 0.717) is 12.2 Å². The molecule has 0 aliphatic carbocycles. The highest BCUT2D eigenvalue weighted by Gasteiger charge is 2.40. The number of unbranched alkanes of at least 4 members (excludes halogenated alkanes) is 1. The van der Waals surface area contributed by atoms with E-state index < -0.39 is 18.2 Å². The van der Waals surface area contributed by atoms with E-state index in [0.717, 1.165) is 12.8 Å². The first-order valence-electron chi connectivity index (χ1n) is 6.45. The van der Waals surface area contributed by atoms with Gasteiger partial charge in [-0.25, -0.2) is 4.79 Å². The maximum atomic E-state index is 12.1. The molecular weight excluding hydrogens is 268 g/mol. The highest BCUT2D eigenvalue weighted by Crippen LogP contribution is 2.19. The third-order valence-corrected chi connectivity index (χ3v) is 3.33. The monoisotopic (exact) mass is 288 g/mol. The van der Waals surface area contributed by atoms with Crippen LogP contribution in [0.25, 0.3) is 0 Å². The maximum Gasteiger partial charge on any atom is 0.327 e. The molecule has 0 spiro atoms. The summed E-state index contributed by atoms with van der Waals surface area (Å²) >= 11 is 4.00. The molecule has 0 aromatic heterocycles. The van der Waals surface area contributed by atoms with Crippen molar-refractivity contribution in [2.75, 3.05) is 5.75 Å². The highest BCUT2D eigenvalue weighted by molar-refractivity contribution is 7.80. The SMILES string of the molecule is CCCC[C@H]1NC(=O)C[C@@H](C(=O)O)N1C(=O)CCS. The van der Waals surface area contributed by atoms with Gasteiger partial charge in [-0.3, -0.25) is 9.59 Å². The summed E-state index contributed by atoms with van der Waals surface area (Å²) in [6.45, 7) is 2.00. The van der Waals surface area contributed by atoms with Crippen LogP contribution in [0.1, 0.15) is 39.0 Å². The van der Waals surface area contributed by atoms with Gasteiger partial charge < -0.3 is 15.3 Å². The minimum atomic E-state index is -1.14. The Morgan fingerprint density at radius 3 is 2.74 bits per heavy atom. The molecule has 1 fully saturated rings. The predicted octanol–water partition coefficient (Wildman–Crippen LogP) is 0.624. The average molecular weight is 288 g/mol. The topological polar surface area (TPSA) is 86.7 Å². The van der Waals surface area contributed by atoms with E-state index in [1.807, 2.05) is 6.92 Å². The van der Waals surface area contributed by atoms with Gasteiger partial charge in [0.25, 0.3) is 0 Å². The molecule has 7 heteroatoms. The largest absolute Gasteiger partial charge is 0.480 e. The van der Waals surface area contributed by atoms with Gasteiger partial charge in [0.05, 0.1) is 6.42 Å². The smallest absolute Gasteiger partial charge is 0.327 e. The lowest BCUT2D eigenvalue weighted by molar-refractivity contribution is -0.159. The second kappa shape index (κ2) is 7.37. The van der Waals surface area contributed by atoms with Gasteiger partial charge >= 0.3 is 5.97 Å². The number of aliphatic carboxylic acids is 1. The van der Waals surface area contributed by atoms with Crippen LogP contribution in [-0.2, 0) is 14.4 Å². The van der Waals surface area contributed by atoms with Crippen molar-refractivity contribution in [1.82, 2.24) is 10.2 Å². The molecule has 0 aromatic rings. The predicted molar refractivity (Wildman–Crippen MR) is 72.8 cm³/mol. The van der Waals surface area contributed by atoms with Crippen LogP contribution < -0.4 is 5.32 Å². The summed E-state index contributed by atoms with van der Waals surface area (Å²) in [4.78, 5) is 36.2. The molecule has 19 heavy (non-hydrogen) atoms. The van der Waals surface area contributed by atoms with Gasteiger partial charge in [-0.05, 0) is 18.6 Å². The number of carbonyl (C=O) groups is 3. The average Bonchev–Trinajstić information content (AvgIpc) is 2.35. The molecule has 0 aromatic carbocycles. The van der Waals surface area contributed by atoms with Gasteiger partial charge in [0.15, 0.2) is 0 Å². The van der Waals surface area contributed by atoms with Gasteiger partial charge in [-0.15, -0.1) is 0 Å². The Bertz CT molecular complexity index is 362. The number of carboxylic acids is 1. The summed E-state index contributed by atoms with van der Waals surface area (Å²) in [5, 5.41) is 11.9. The number of amides is 2. The van der Waals surface area contributed by atoms with Crippen LogP contribution in [0.3, 0.4) is 0 Å². The van der Waals surface area contributed by atoms with Crippen LogP contribution in [0.2, 0.25) is 0 Å². The van der Waals surface area contributed by atoms with Crippen molar-refractivity contribution in [3.05, 3.63) is 0 Å². The van der Waals surface area contributed by atoms with Gasteiger partial charge in [0, 0.05) is 6.42 Å². The Kier molecular flexibility index (Phi) is 6.14. The Labute approximate surface area is 117 Å². The van der Waals surface area contributed by atoms with E-state index in [2.05, 4.69) is 17.9 Å². The zero-order chi connectivity index (χ0) is 14.4. The van der Waals surface area contributed by atoms with Crippen molar-refractivity contribution in [3.8, 4) is 0 Å². The third-order valence-electron chi connectivity index (χ3n) is 3.11. The van der Waals surface area contributed by atoms with Gasteiger partial charge in [0.2, 0.25) is 11.8 Å². The summed E-state index contributed by atoms with van der Waals surface area (Å²) in [6.07, 6.45) is 1.78. The minimum absolute atomic E-state index is 0.172. The summed E-state index contributed by atoms with van der Waals surface area (Å²) in [6, 6.07) is -1.07. The number of hydrogen-bond donors (Lipinski definition) is 3. The number of hydrogen-bond acceptors (Lipinski definition) is 4. The second-order valence-electron chi connectivity index (χ2n) is 4.56. The molecule has 1 saturated heterocycles. The quantitative estimate of drug-likeness (QED) is 0.626. The molecule has 0 radical (unpaired) electrons. The molecule has 1 aliphatic heterocycles. The van der Waals surface area contributed by atoms with Gasteiger partial charge in [-0.2, -0.15) is 12.6 Å². The molecule has 2 N–H and O–H groups in total. The fourth-order valence-corrected chi connectivity index (χ4v) is 2.38. The van der Waals surface area contributed by atoms with E-state index >= 15 is 0 Å². The van der Waals surface area contributed by atoms with Crippen LogP contribution in [0, 0.1) is 0 Å². The van der Waals surface area contributed by atoms with Crippen molar-refractivity contribution in [3.63, 3.8) is 0 Å². The molecule has 1 rings (SSSR count). The molecule has 0 saturated carbocycles. The Morgan fingerprint density at radius 2 is 2.21 bits per heavy atom. The molecule has 1 heterocycles. The number of nitrogens with zero attached hydrogens (tertiary/aromatic N) is 1. The van der Waals surface area contributed by atoms with Crippen molar-refractivity contribution in [2.45, 2.75) is 51.2 Å². The van der Waals surface area contributed by atoms with Crippen LogP contribution in [0.15, 0.2) is 0 Å². The highest BCUT2D eigenvalue weighted by atomic mass is 32.1. The zero-order valence-electron chi connectivity index (χ0n) is 11.0. The first kappa shape index (κ1) is 15.8. The minimum Gasteiger partial charge on any atom is -0.480 e. The van der Waals surface area contributed by atoms with E-state index in [4.69, 9.17) is 0 Å². The van der Waals surface area contributed by atoms with Gasteiger partial charge in [0.1, 0.15) is 12.2 Å². The standard InChI is InChI=1S/C12H20N2O4S/c1-2-3-4-9-13-10(15)7-8(12(17)18)14(9)11(16)5-6-19/h8-9,19H,2-7H2,1H3,(H,13,15)(H,17,18)/t8-,9-/m0/s1. The second-order valence-corrected chi connectivity index (χ2v) is 5.01. The van der Waals surface area contributed by atoms with Crippen LogP contribution >= 0.6 is 12.6 Å². The number of carbonyl (C=O) groups excluding carboxylic acids is 2. The fraction of sp³-hybridized carbons (Fsp3) is 0.750. The number of rotatable bonds is 6. The first-order valence-corrected chi connectivity index (χ1v) is 7.08. The van der Waals surface area contributed by atoms with Gasteiger partial charge in [-0.1, -0.05) is 13.3 Å². The van der Waals surface area contributed by atoms with Crippen LogP contribution in [0.4, 0.5) is 0 Å². The van der Waals surface area contributed by atoms with Crippen molar-refractivity contribution < 1.29 is 19.5 Å². The number of thiol groups is 1. The van der Waals surface area contributed by atoms with E-state index in [1.165, 1.54) is 4.90 Å². The number of carboxylic acid groups (broad SMARTS) is 1. The summed E-state index contributed by atoms with van der Waals surface area (Å²) in [5.41, 5.74) is 0. The Morgan fingerprint density at radius 1 is 1.53 bits per heavy atom. The van der Waals surface area contributed by atoms with Crippen LogP contribution in [-0.4, -0.2) is 45.8 Å². The van der Waals surface area contributed by atoms with E-state index in [9.17, 15) is 19.5 Å². The van der Waals surface area contributed by atoms with Crippen molar-refractivity contribution in [2.24, 2.45) is 0 Å². The Hall–Kier alpha value is -1.24. The molecule has 1 aliphatic rings. The van der Waals surface area contributed by atoms with Crippen LogP contribution in [0.5, 0.6) is 0 Å². The molecule has 108 valence electrons. The lowest BCUT2D eigenvalue weighted by Gasteiger charge is -2.40. The Balaban J connectivity index is 2.91. The first-order chi connectivity index (χ1) is 9.01. The summed E-state index contributed by atoms with van der Waals surface area (Å²) in [7, 11) is 0. The fourth-order valence-electron chi connectivity index (χ4n) is 2.19. The van der Waals surface area contributed by atoms with Crippen molar-refractivity contribution in [1.29, 1.82) is 0 Å². The third kappa shape index (κ3) is 4.12. The molecule has 2 amide bonds. The van der Waals surface area contributed by atoms with Crippen molar-refractivity contribution >= 4 is 30.4 Å². The lowest BCUT2D eigenvalue weighted by Crippen LogP contribution is -2.62. The zero-order valence-corrected chi connectivity index (χ0v) is 11.9.